The van der Waals surface area contributed by atoms with Crippen molar-refractivity contribution in [1.29, 1.82) is 0 Å². The van der Waals surface area contributed by atoms with Gasteiger partial charge in [0, 0.05) is 30.9 Å². The van der Waals surface area contributed by atoms with Crippen molar-refractivity contribution < 1.29 is 4.79 Å². The summed E-state index contributed by atoms with van der Waals surface area (Å²) in [7, 11) is 0. The van der Waals surface area contributed by atoms with E-state index in [0.717, 1.165) is 29.9 Å². The Hall–Kier alpha value is -2.29. The van der Waals surface area contributed by atoms with Crippen LogP contribution in [0.4, 0.5) is 11.4 Å². The predicted molar refractivity (Wildman–Crippen MR) is 119 cm³/mol. The SMILES string of the molecule is Cc1cc(N2CCCCc3ccccc3C2)cc(C)c1NC(=O)CC(C)(C)C. The van der Waals surface area contributed by atoms with E-state index in [-0.39, 0.29) is 11.3 Å². The number of benzene rings is 2. The lowest BCUT2D eigenvalue weighted by atomic mass is 9.92. The molecular formula is C25H34N2O. The minimum Gasteiger partial charge on any atom is -0.367 e. The van der Waals surface area contributed by atoms with Crippen molar-refractivity contribution in [2.24, 2.45) is 5.41 Å². The summed E-state index contributed by atoms with van der Waals surface area (Å²) in [5, 5.41) is 3.15. The second-order valence-corrected chi connectivity index (χ2v) is 9.39. The number of carbonyl (C=O) groups is 1. The molecule has 28 heavy (non-hydrogen) atoms. The van der Waals surface area contributed by atoms with Crippen LogP contribution in [-0.2, 0) is 17.8 Å². The van der Waals surface area contributed by atoms with Gasteiger partial charge in [0.1, 0.15) is 0 Å². The fraction of sp³-hybridized carbons (Fsp3) is 0.480. The third kappa shape index (κ3) is 5.15. The van der Waals surface area contributed by atoms with E-state index in [2.05, 4.69) is 81.2 Å². The fourth-order valence-corrected chi connectivity index (χ4v) is 4.06. The molecule has 2 aromatic carbocycles. The summed E-state index contributed by atoms with van der Waals surface area (Å²) in [6.45, 7) is 12.5. The molecule has 1 heterocycles. The lowest BCUT2D eigenvalue weighted by Crippen LogP contribution is -2.26. The second-order valence-electron chi connectivity index (χ2n) is 9.39. The first kappa shape index (κ1) is 20.4. The summed E-state index contributed by atoms with van der Waals surface area (Å²) >= 11 is 0. The zero-order valence-electron chi connectivity index (χ0n) is 18.1. The van der Waals surface area contributed by atoms with Crippen LogP contribution >= 0.6 is 0 Å². The topological polar surface area (TPSA) is 32.3 Å². The van der Waals surface area contributed by atoms with Crippen molar-refractivity contribution >= 4 is 17.3 Å². The van der Waals surface area contributed by atoms with Crippen molar-refractivity contribution in [2.75, 3.05) is 16.8 Å². The minimum atomic E-state index is -0.0101. The van der Waals surface area contributed by atoms with Gasteiger partial charge in [-0.05, 0) is 72.9 Å². The average Bonchev–Trinajstić information content (AvgIpc) is 2.57. The molecule has 0 unspecified atom stereocenters. The summed E-state index contributed by atoms with van der Waals surface area (Å²) in [4.78, 5) is 14.9. The Kier molecular flexibility index (Phi) is 6.12. The van der Waals surface area contributed by atoms with E-state index in [9.17, 15) is 4.79 Å². The van der Waals surface area contributed by atoms with Crippen LogP contribution in [0, 0.1) is 19.3 Å². The summed E-state index contributed by atoms with van der Waals surface area (Å²) in [6, 6.07) is 13.3. The molecule has 1 aliphatic rings. The smallest absolute Gasteiger partial charge is 0.224 e. The molecule has 0 saturated carbocycles. The molecule has 0 atom stereocenters. The Balaban J connectivity index is 1.83. The number of aryl methyl sites for hydroxylation is 3. The molecule has 2 aromatic rings. The highest BCUT2D eigenvalue weighted by atomic mass is 16.1. The first-order valence-electron chi connectivity index (χ1n) is 10.5. The molecule has 3 heteroatoms. The lowest BCUT2D eigenvalue weighted by molar-refractivity contribution is -0.117. The van der Waals surface area contributed by atoms with Crippen LogP contribution in [0.15, 0.2) is 36.4 Å². The highest BCUT2D eigenvalue weighted by Crippen LogP contribution is 2.30. The van der Waals surface area contributed by atoms with Crippen LogP contribution in [0.5, 0.6) is 0 Å². The molecule has 0 saturated heterocycles. The normalized spacial score (nSPS) is 14.8. The fourth-order valence-electron chi connectivity index (χ4n) is 4.06. The van der Waals surface area contributed by atoms with Crippen LogP contribution < -0.4 is 10.2 Å². The van der Waals surface area contributed by atoms with Gasteiger partial charge in [-0.25, -0.2) is 0 Å². The van der Waals surface area contributed by atoms with E-state index in [1.807, 2.05) is 0 Å². The van der Waals surface area contributed by atoms with Crippen molar-refractivity contribution in [3.63, 3.8) is 0 Å². The Morgan fingerprint density at radius 3 is 2.32 bits per heavy atom. The van der Waals surface area contributed by atoms with Gasteiger partial charge in [-0.1, -0.05) is 45.0 Å². The minimum absolute atomic E-state index is 0.0101. The summed E-state index contributed by atoms with van der Waals surface area (Å²) < 4.78 is 0. The number of carbonyl (C=O) groups excluding carboxylic acids is 1. The standard InChI is InChI=1S/C25H34N2O/c1-18-14-22(15-19(2)24(18)26-23(28)16-25(3,4)5)27-13-9-8-11-20-10-6-7-12-21(20)17-27/h6-7,10,12,14-15H,8-9,11,13,16-17H2,1-5H3,(H,26,28). The first-order valence-corrected chi connectivity index (χ1v) is 10.5. The molecule has 0 fully saturated rings. The van der Waals surface area contributed by atoms with Crippen LogP contribution in [0.1, 0.15) is 62.3 Å². The summed E-state index contributed by atoms with van der Waals surface area (Å²) in [5.74, 6) is 0.0895. The quantitative estimate of drug-likeness (QED) is 0.708. The first-order chi connectivity index (χ1) is 13.2. The largest absolute Gasteiger partial charge is 0.367 e. The van der Waals surface area contributed by atoms with E-state index < -0.39 is 0 Å². The van der Waals surface area contributed by atoms with Gasteiger partial charge in [-0.3, -0.25) is 4.79 Å². The van der Waals surface area contributed by atoms with Crippen LogP contribution in [-0.4, -0.2) is 12.5 Å². The Morgan fingerprint density at radius 1 is 1.04 bits per heavy atom. The van der Waals surface area contributed by atoms with Crippen molar-refractivity contribution in [1.82, 2.24) is 0 Å². The van der Waals surface area contributed by atoms with Crippen molar-refractivity contribution in [2.45, 2.75) is 66.8 Å². The van der Waals surface area contributed by atoms with Gasteiger partial charge in [0.25, 0.3) is 0 Å². The van der Waals surface area contributed by atoms with Gasteiger partial charge in [0.15, 0.2) is 0 Å². The molecule has 3 rings (SSSR count). The number of hydrogen-bond donors (Lipinski definition) is 1. The average molecular weight is 379 g/mol. The number of fused-ring (bicyclic) bond motifs is 1. The van der Waals surface area contributed by atoms with Crippen LogP contribution in [0.2, 0.25) is 0 Å². The number of nitrogens with one attached hydrogen (secondary N) is 1. The van der Waals surface area contributed by atoms with Gasteiger partial charge < -0.3 is 10.2 Å². The van der Waals surface area contributed by atoms with Crippen LogP contribution in [0.25, 0.3) is 0 Å². The van der Waals surface area contributed by atoms with Crippen molar-refractivity contribution in [3.05, 3.63) is 58.7 Å². The molecule has 3 nitrogen and oxygen atoms in total. The Bertz CT molecular complexity index is 825. The molecule has 0 spiro atoms. The third-order valence-electron chi connectivity index (χ3n) is 5.44. The molecule has 150 valence electrons. The van der Waals surface area contributed by atoms with E-state index >= 15 is 0 Å². The lowest BCUT2D eigenvalue weighted by Gasteiger charge is -2.29. The Morgan fingerprint density at radius 2 is 1.68 bits per heavy atom. The van der Waals surface area contributed by atoms with Gasteiger partial charge in [-0.15, -0.1) is 0 Å². The third-order valence-corrected chi connectivity index (χ3v) is 5.44. The zero-order chi connectivity index (χ0) is 20.3. The molecular weight excluding hydrogens is 344 g/mol. The highest BCUT2D eigenvalue weighted by Gasteiger charge is 2.19. The highest BCUT2D eigenvalue weighted by molar-refractivity contribution is 5.93. The number of rotatable bonds is 3. The van der Waals surface area contributed by atoms with Gasteiger partial charge in [0.05, 0.1) is 0 Å². The van der Waals surface area contributed by atoms with E-state index in [1.165, 1.54) is 36.1 Å². The van der Waals surface area contributed by atoms with Gasteiger partial charge >= 0.3 is 0 Å². The maximum absolute atomic E-state index is 12.4. The summed E-state index contributed by atoms with van der Waals surface area (Å²) in [5.41, 5.74) is 7.38. The second kappa shape index (κ2) is 8.38. The number of nitrogens with zero attached hydrogens (tertiary/aromatic N) is 1. The molecule has 0 aromatic heterocycles. The van der Waals surface area contributed by atoms with E-state index in [4.69, 9.17) is 0 Å². The Labute approximate surface area is 170 Å². The molecule has 0 aliphatic carbocycles. The predicted octanol–water partition coefficient (Wildman–Crippen LogP) is 6.02. The van der Waals surface area contributed by atoms with E-state index in [0.29, 0.717) is 6.42 Å². The van der Waals surface area contributed by atoms with E-state index in [1.54, 1.807) is 0 Å². The number of hydrogen-bond acceptors (Lipinski definition) is 2. The maximum atomic E-state index is 12.4. The molecule has 1 N–H and O–H groups in total. The molecule has 0 bridgehead atoms. The van der Waals surface area contributed by atoms with Crippen molar-refractivity contribution in [3.8, 4) is 0 Å². The maximum Gasteiger partial charge on any atom is 0.224 e. The zero-order valence-corrected chi connectivity index (χ0v) is 18.1. The van der Waals surface area contributed by atoms with Gasteiger partial charge in [0.2, 0.25) is 5.91 Å². The number of amides is 1. The molecule has 0 radical (unpaired) electrons. The van der Waals surface area contributed by atoms with Crippen LogP contribution in [0.3, 0.4) is 0 Å². The summed E-state index contributed by atoms with van der Waals surface area (Å²) in [6.07, 6.45) is 4.14. The monoisotopic (exact) mass is 378 g/mol. The number of anilines is 2. The molecule has 1 amide bonds. The van der Waals surface area contributed by atoms with Gasteiger partial charge in [-0.2, -0.15) is 0 Å². The molecule has 1 aliphatic heterocycles.